The van der Waals surface area contributed by atoms with E-state index in [0.29, 0.717) is 12.4 Å². The average molecular weight is 312 g/mol. The van der Waals surface area contributed by atoms with Gasteiger partial charge in [-0.2, -0.15) is 0 Å². The van der Waals surface area contributed by atoms with Crippen LogP contribution < -0.4 is 11.1 Å². The summed E-state index contributed by atoms with van der Waals surface area (Å²) in [7, 11) is 0. The van der Waals surface area contributed by atoms with Crippen LogP contribution in [0.25, 0.3) is 0 Å². The third-order valence-electron chi connectivity index (χ3n) is 3.94. The van der Waals surface area contributed by atoms with Crippen LogP contribution in [0.3, 0.4) is 0 Å². The van der Waals surface area contributed by atoms with Crippen LogP contribution in [0.5, 0.6) is 0 Å². The zero-order valence-corrected chi connectivity index (χ0v) is 12.9. The molecule has 7 heteroatoms. The van der Waals surface area contributed by atoms with Gasteiger partial charge >= 0.3 is 0 Å². The van der Waals surface area contributed by atoms with Gasteiger partial charge in [0.25, 0.3) is 0 Å². The summed E-state index contributed by atoms with van der Waals surface area (Å²) >= 11 is 0. The summed E-state index contributed by atoms with van der Waals surface area (Å²) in [6.45, 7) is 1.48. The predicted molar refractivity (Wildman–Crippen MR) is 87.2 cm³/mol. The van der Waals surface area contributed by atoms with Gasteiger partial charge in [0.1, 0.15) is 11.6 Å². The number of carbonyl (C=O) groups excluding carboxylic acids is 1. The Morgan fingerprint density at radius 1 is 1.35 bits per heavy atom. The second-order valence-corrected chi connectivity index (χ2v) is 5.55. The van der Waals surface area contributed by atoms with Gasteiger partial charge in [0.15, 0.2) is 0 Å². The van der Waals surface area contributed by atoms with Crippen molar-refractivity contribution >= 4 is 17.5 Å². The first kappa shape index (κ1) is 15.4. The molecule has 3 heterocycles. The van der Waals surface area contributed by atoms with Crippen molar-refractivity contribution in [2.24, 2.45) is 5.73 Å². The largest absolute Gasteiger partial charge is 0.341 e. The lowest BCUT2D eigenvalue weighted by Crippen LogP contribution is -2.42. The SMILES string of the molecule is NCC(=O)N1CCC[C@@H](c2cncc(Nc3ccccn3)n2)C1. The predicted octanol–water partition coefficient (Wildman–Crippen LogP) is 1.28. The zero-order valence-electron chi connectivity index (χ0n) is 12.9. The summed E-state index contributed by atoms with van der Waals surface area (Å²) in [6.07, 6.45) is 7.11. The highest BCUT2D eigenvalue weighted by Crippen LogP contribution is 2.26. The third-order valence-corrected chi connectivity index (χ3v) is 3.94. The lowest BCUT2D eigenvalue weighted by atomic mass is 9.95. The van der Waals surface area contributed by atoms with Crippen molar-refractivity contribution in [2.45, 2.75) is 18.8 Å². The summed E-state index contributed by atoms with van der Waals surface area (Å²) in [5, 5.41) is 3.14. The van der Waals surface area contributed by atoms with Gasteiger partial charge in [0.2, 0.25) is 5.91 Å². The number of aromatic nitrogens is 3. The van der Waals surface area contributed by atoms with Crippen LogP contribution in [0.4, 0.5) is 11.6 Å². The van der Waals surface area contributed by atoms with Crippen LogP contribution in [0.1, 0.15) is 24.5 Å². The minimum Gasteiger partial charge on any atom is -0.341 e. The Morgan fingerprint density at radius 3 is 3.04 bits per heavy atom. The molecule has 0 unspecified atom stereocenters. The van der Waals surface area contributed by atoms with Crippen molar-refractivity contribution in [1.82, 2.24) is 19.9 Å². The molecule has 1 fully saturated rings. The lowest BCUT2D eigenvalue weighted by molar-refractivity contribution is -0.130. The molecule has 1 amide bonds. The van der Waals surface area contributed by atoms with Crippen molar-refractivity contribution in [1.29, 1.82) is 0 Å². The normalized spacial score (nSPS) is 17.8. The van der Waals surface area contributed by atoms with Gasteiger partial charge in [-0.3, -0.25) is 9.78 Å². The van der Waals surface area contributed by atoms with Crippen LogP contribution in [0.15, 0.2) is 36.8 Å². The molecule has 0 aliphatic carbocycles. The number of carbonyl (C=O) groups is 1. The number of nitrogens with one attached hydrogen (secondary N) is 1. The molecular formula is C16H20N6O. The number of nitrogens with two attached hydrogens (primary N) is 1. The highest BCUT2D eigenvalue weighted by atomic mass is 16.2. The van der Waals surface area contributed by atoms with Crippen LogP contribution in [-0.4, -0.2) is 45.4 Å². The molecule has 2 aromatic heterocycles. The number of hydrogen-bond donors (Lipinski definition) is 2. The minimum absolute atomic E-state index is 0.00887. The topological polar surface area (TPSA) is 97.0 Å². The molecule has 1 atom stereocenters. The Morgan fingerprint density at radius 2 is 2.26 bits per heavy atom. The van der Waals surface area contributed by atoms with Crippen molar-refractivity contribution in [3.63, 3.8) is 0 Å². The number of rotatable bonds is 4. The number of pyridine rings is 1. The maximum atomic E-state index is 11.8. The van der Waals surface area contributed by atoms with E-state index in [2.05, 4.69) is 20.3 Å². The zero-order chi connectivity index (χ0) is 16.1. The molecule has 23 heavy (non-hydrogen) atoms. The van der Waals surface area contributed by atoms with Gasteiger partial charge in [-0.05, 0) is 25.0 Å². The molecule has 0 bridgehead atoms. The van der Waals surface area contributed by atoms with Crippen LogP contribution in [-0.2, 0) is 4.79 Å². The van der Waals surface area contributed by atoms with E-state index in [1.807, 2.05) is 23.1 Å². The average Bonchev–Trinajstić information content (AvgIpc) is 2.62. The number of piperidine rings is 1. The number of anilines is 2. The molecule has 3 N–H and O–H groups in total. The van der Waals surface area contributed by atoms with Gasteiger partial charge in [0, 0.05) is 31.4 Å². The molecule has 7 nitrogen and oxygen atoms in total. The monoisotopic (exact) mass is 312 g/mol. The molecule has 0 radical (unpaired) electrons. The Bertz CT molecular complexity index is 663. The standard InChI is InChI=1S/C16H20N6O/c17-8-16(23)22-7-3-4-12(11-22)13-9-18-10-15(20-13)21-14-5-1-2-6-19-14/h1-2,5-6,9-10,12H,3-4,7-8,11,17H2,(H,19,20,21)/t12-/m1/s1. The molecule has 0 saturated carbocycles. The van der Waals surface area contributed by atoms with E-state index in [4.69, 9.17) is 5.73 Å². The van der Waals surface area contributed by atoms with Gasteiger partial charge in [-0.15, -0.1) is 0 Å². The van der Waals surface area contributed by atoms with Crippen molar-refractivity contribution in [3.8, 4) is 0 Å². The van der Waals surface area contributed by atoms with E-state index in [1.165, 1.54) is 0 Å². The second kappa shape index (κ2) is 7.15. The summed E-state index contributed by atoms with van der Waals surface area (Å²) in [5.74, 6) is 1.56. The van der Waals surface area contributed by atoms with E-state index < -0.39 is 0 Å². The van der Waals surface area contributed by atoms with Gasteiger partial charge < -0.3 is 16.0 Å². The summed E-state index contributed by atoms with van der Waals surface area (Å²) in [5.41, 5.74) is 6.35. The van der Waals surface area contributed by atoms with Gasteiger partial charge in [-0.25, -0.2) is 9.97 Å². The number of hydrogen-bond acceptors (Lipinski definition) is 6. The van der Waals surface area contributed by atoms with Crippen molar-refractivity contribution in [2.75, 3.05) is 25.0 Å². The Hall–Kier alpha value is -2.54. The van der Waals surface area contributed by atoms with E-state index >= 15 is 0 Å². The maximum Gasteiger partial charge on any atom is 0.236 e. The molecule has 3 rings (SSSR count). The number of amides is 1. The molecule has 1 saturated heterocycles. The smallest absolute Gasteiger partial charge is 0.236 e. The van der Waals surface area contributed by atoms with Crippen LogP contribution in [0, 0.1) is 0 Å². The molecular weight excluding hydrogens is 292 g/mol. The first-order chi connectivity index (χ1) is 11.3. The van der Waals surface area contributed by atoms with E-state index in [0.717, 1.165) is 30.9 Å². The Labute approximate surface area is 135 Å². The van der Waals surface area contributed by atoms with Crippen LogP contribution >= 0.6 is 0 Å². The molecule has 2 aromatic rings. The van der Waals surface area contributed by atoms with Crippen molar-refractivity contribution in [3.05, 3.63) is 42.5 Å². The minimum atomic E-state index is -0.00887. The second-order valence-electron chi connectivity index (χ2n) is 5.55. The highest BCUT2D eigenvalue weighted by Gasteiger charge is 2.25. The van der Waals surface area contributed by atoms with Crippen LogP contribution in [0.2, 0.25) is 0 Å². The molecule has 0 spiro atoms. The number of likely N-dealkylation sites (tertiary alicyclic amines) is 1. The summed E-state index contributed by atoms with van der Waals surface area (Å²) < 4.78 is 0. The Kier molecular flexibility index (Phi) is 4.77. The van der Waals surface area contributed by atoms with E-state index in [9.17, 15) is 4.79 Å². The number of nitrogens with zero attached hydrogens (tertiary/aromatic N) is 4. The molecule has 120 valence electrons. The fraction of sp³-hybridized carbons (Fsp3) is 0.375. The van der Waals surface area contributed by atoms with Gasteiger partial charge in [-0.1, -0.05) is 6.07 Å². The third kappa shape index (κ3) is 3.81. The van der Waals surface area contributed by atoms with Gasteiger partial charge in [0.05, 0.1) is 18.4 Å². The highest BCUT2D eigenvalue weighted by molar-refractivity contribution is 5.78. The summed E-state index contributed by atoms with van der Waals surface area (Å²) in [4.78, 5) is 26.7. The fourth-order valence-electron chi connectivity index (χ4n) is 2.78. The Balaban J connectivity index is 1.73. The first-order valence-electron chi connectivity index (χ1n) is 7.74. The first-order valence-corrected chi connectivity index (χ1v) is 7.74. The lowest BCUT2D eigenvalue weighted by Gasteiger charge is -2.32. The fourth-order valence-corrected chi connectivity index (χ4v) is 2.78. The van der Waals surface area contributed by atoms with E-state index in [-0.39, 0.29) is 18.4 Å². The van der Waals surface area contributed by atoms with E-state index in [1.54, 1.807) is 18.6 Å². The quantitative estimate of drug-likeness (QED) is 0.882. The summed E-state index contributed by atoms with van der Waals surface area (Å²) in [6, 6.07) is 5.64. The maximum absolute atomic E-state index is 11.8. The molecule has 0 aromatic carbocycles. The molecule has 1 aliphatic rings. The van der Waals surface area contributed by atoms with Crippen molar-refractivity contribution < 1.29 is 4.79 Å². The molecule has 1 aliphatic heterocycles.